The summed E-state index contributed by atoms with van der Waals surface area (Å²) in [6.07, 6.45) is 5.12. The van der Waals surface area contributed by atoms with Crippen LogP contribution in [0.3, 0.4) is 0 Å². The van der Waals surface area contributed by atoms with Crippen LogP contribution in [0.1, 0.15) is 0 Å². The summed E-state index contributed by atoms with van der Waals surface area (Å²) in [5.74, 6) is 0.338. The van der Waals surface area contributed by atoms with Crippen LogP contribution in [0.2, 0.25) is 0 Å². The Hall–Kier alpha value is -2.14. The molecule has 3 nitrogen and oxygen atoms in total. The average molecular weight is 286 g/mol. The molecule has 0 radical (unpaired) electrons. The summed E-state index contributed by atoms with van der Waals surface area (Å²) in [6.45, 7) is 0. The summed E-state index contributed by atoms with van der Waals surface area (Å²) in [6, 6.07) is 10.0. The van der Waals surface area contributed by atoms with Crippen molar-refractivity contribution >= 4 is 11.8 Å². The van der Waals surface area contributed by atoms with Gasteiger partial charge in [0.25, 0.3) is 0 Å². The van der Waals surface area contributed by atoms with E-state index < -0.39 is 0 Å². The predicted molar refractivity (Wildman–Crippen MR) is 76.9 cm³/mol. The van der Waals surface area contributed by atoms with E-state index >= 15 is 0 Å². The van der Waals surface area contributed by atoms with Crippen molar-refractivity contribution in [2.45, 2.75) is 5.03 Å². The van der Waals surface area contributed by atoms with Crippen molar-refractivity contribution in [3.05, 3.63) is 54.8 Å². The summed E-state index contributed by atoms with van der Waals surface area (Å²) in [7, 11) is 0. The molecule has 5 heteroatoms. The van der Waals surface area contributed by atoms with Gasteiger partial charge >= 0.3 is 0 Å². The SMILES string of the molecule is CSc1ccc(-c2ncoc2-c2ccc(F)cc2)cn1. The molecule has 0 aliphatic rings. The lowest BCUT2D eigenvalue weighted by Gasteiger charge is -2.02. The first-order valence-electron chi connectivity index (χ1n) is 5.98. The van der Waals surface area contributed by atoms with E-state index in [1.165, 1.54) is 18.5 Å². The van der Waals surface area contributed by atoms with Crippen LogP contribution in [0.15, 0.2) is 58.4 Å². The van der Waals surface area contributed by atoms with Gasteiger partial charge < -0.3 is 4.42 Å². The lowest BCUT2D eigenvalue weighted by Crippen LogP contribution is -1.85. The van der Waals surface area contributed by atoms with Crippen molar-refractivity contribution in [2.24, 2.45) is 0 Å². The number of hydrogen-bond acceptors (Lipinski definition) is 4. The van der Waals surface area contributed by atoms with E-state index in [-0.39, 0.29) is 5.82 Å². The maximum absolute atomic E-state index is 13.0. The Kier molecular flexibility index (Phi) is 3.52. The number of halogens is 1. The zero-order valence-electron chi connectivity index (χ0n) is 10.7. The van der Waals surface area contributed by atoms with Gasteiger partial charge in [-0.25, -0.2) is 14.4 Å². The van der Waals surface area contributed by atoms with E-state index in [2.05, 4.69) is 9.97 Å². The van der Waals surface area contributed by atoms with Crippen LogP contribution in [0.5, 0.6) is 0 Å². The molecule has 0 spiro atoms. The number of nitrogens with zero attached hydrogens (tertiary/aromatic N) is 2. The van der Waals surface area contributed by atoms with Crippen LogP contribution in [-0.4, -0.2) is 16.2 Å². The molecule has 0 atom stereocenters. The highest BCUT2D eigenvalue weighted by Crippen LogP contribution is 2.31. The molecule has 0 amide bonds. The van der Waals surface area contributed by atoms with Gasteiger partial charge in [0.1, 0.15) is 11.5 Å². The minimum atomic E-state index is -0.277. The first kappa shape index (κ1) is 12.9. The highest BCUT2D eigenvalue weighted by molar-refractivity contribution is 7.98. The predicted octanol–water partition coefficient (Wildman–Crippen LogP) is 4.26. The van der Waals surface area contributed by atoms with Crippen LogP contribution in [-0.2, 0) is 0 Å². The summed E-state index contributed by atoms with van der Waals surface area (Å²) >= 11 is 1.58. The lowest BCUT2D eigenvalue weighted by atomic mass is 10.1. The minimum Gasteiger partial charge on any atom is -0.443 e. The van der Waals surface area contributed by atoms with Gasteiger partial charge in [-0.15, -0.1) is 11.8 Å². The highest BCUT2D eigenvalue weighted by atomic mass is 32.2. The summed E-state index contributed by atoms with van der Waals surface area (Å²) < 4.78 is 18.4. The van der Waals surface area contributed by atoms with E-state index in [0.29, 0.717) is 11.5 Å². The third-order valence-corrected chi connectivity index (χ3v) is 3.55. The topological polar surface area (TPSA) is 38.9 Å². The van der Waals surface area contributed by atoms with Gasteiger partial charge in [-0.1, -0.05) is 0 Å². The van der Waals surface area contributed by atoms with Crippen LogP contribution in [0.25, 0.3) is 22.6 Å². The zero-order valence-corrected chi connectivity index (χ0v) is 11.5. The van der Waals surface area contributed by atoms with E-state index in [0.717, 1.165) is 16.2 Å². The maximum atomic E-state index is 13.0. The number of thioether (sulfide) groups is 1. The molecule has 100 valence electrons. The molecular weight excluding hydrogens is 275 g/mol. The second-order valence-electron chi connectivity index (χ2n) is 4.13. The van der Waals surface area contributed by atoms with Crippen molar-refractivity contribution in [3.63, 3.8) is 0 Å². The molecule has 2 aromatic heterocycles. The van der Waals surface area contributed by atoms with Gasteiger partial charge in [0.2, 0.25) is 0 Å². The van der Waals surface area contributed by atoms with Crippen LogP contribution >= 0.6 is 11.8 Å². The number of hydrogen-bond donors (Lipinski definition) is 0. The number of aromatic nitrogens is 2. The molecule has 2 heterocycles. The second kappa shape index (κ2) is 5.46. The van der Waals surface area contributed by atoms with E-state index in [1.54, 1.807) is 30.1 Å². The first-order chi connectivity index (χ1) is 9.78. The molecule has 0 unspecified atom stereocenters. The standard InChI is InChI=1S/C15H11FN2OS/c1-20-13-7-4-11(8-17-13)14-15(19-9-18-14)10-2-5-12(16)6-3-10/h2-9H,1H3. The van der Waals surface area contributed by atoms with Crippen LogP contribution in [0, 0.1) is 5.82 Å². The Morgan fingerprint density at radius 2 is 1.75 bits per heavy atom. The largest absolute Gasteiger partial charge is 0.443 e. The fraction of sp³-hybridized carbons (Fsp3) is 0.0667. The maximum Gasteiger partial charge on any atom is 0.182 e. The normalized spacial score (nSPS) is 10.7. The fourth-order valence-corrected chi connectivity index (χ4v) is 2.26. The van der Waals surface area contributed by atoms with E-state index in [9.17, 15) is 4.39 Å². The Morgan fingerprint density at radius 3 is 2.40 bits per heavy atom. The Morgan fingerprint density at radius 1 is 1.00 bits per heavy atom. The summed E-state index contributed by atoms with van der Waals surface area (Å²) in [5, 5.41) is 0.945. The molecule has 3 aromatic rings. The van der Waals surface area contributed by atoms with Crippen molar-refractivity contribution in [1.82, 2.24) is 9.97 Å². The Bertz CT molecular complexity index is 707. The summed E-state index contributed by atoms with van der Waals surface area (Å²) in [5.41, 5.74) is 2.36. The average Bonchev–Trinajstić information content (AvgIpc) is 2.97. The van der Waals surface area contributed by atoms with Gasteiger partial charge in [-0.2, -0.15) is 0 Å². The number of oxazole rings is 1. The van der Waals surface area contributed by atoms with Gasteiger partial charge in [0.05, 0.1) is 5.03 Å². The van der Waals surface area contributed by atoms with Crippen molar-refractivity contribution in [1.29, 1.82) is 0 Å². The highest BCUT2D eigenvalue weighted by Gasteiger charge is 2.13. The Labute approximate surface area is 119 Å². The van der Waals surface area contributed by atoms with E-state index in [1.807, 2.05) is 18.4 Å². The molecule has 0 aliphatic carbocycles. The quantitative estimate of drug-likeness (QED) is 0.674. The van der Waals surface area contributed by atoms with Gasteiger partial charge in [-0.05, 0) is 42.7 Å². The molecule has 0 N–H and O–H groups in total. The van der Waals surface area contributed by atoms with Crippen LogP contribution in [0.4, 0.5) is 4.39 Å². The fourth-order valence-electron chi connectivity index (χ4n) is 1.90. The first-order valence-corrected chi connectivity index (χ1v) is 7.20. The Balaban J connectivity index is 2.02. The lowest BCUT2D eigenvalue weighted by molar-refractivity contribution is 0.571. The molecule has 1 aromatic carbocycles. The minimum absolute atomic E-state index is 0.277. The third-order valence-electron chi connectivity index (χ3n) is 2.89. The molecule has 3 rings (SSSR count). The van der Waals surface area contributed by atoms with Gasteiger partial charge in [0, 0.05) is 17.3 Å². The van der Waals surface area contributed by atoms with Gasteiger partial charge in [-0.3, -0.25) is 0 Å². The van der Waals surface area contributed by atoms with Crippen molar-refractivity contribution < 1.29 is 8.81 Å². The molecule has 0 saturated heterocycles. The number of benzene rings is 1. The second-order valence-corrected chi connectivity index (χ2v) is 4.95. The molecule has 0 fully saturated rings. The third kappa shape index (κ3) is 2.44. The number of pyridine rings is 1. The van der Waals surface area contributed by atoms with Crippen molar-refractivity contribution in [3.8, 4) is 22.6 Å². The molecule has 0 aliphatic heterocycles. The summed E-state index contributed by atoms with van der Waals surface area (Å²) in [4.78, 5) is 8.56. The molecule has 0 bridgehead atoms. The van der Waals surface area contributed by atoms with Gasteiger partial charge in [0.15, 0.2) is 12.2 Å². The number of rotatable bonds is 3. The molecular formula is C15H11FN2OS. The van der Waals surface area contributed by atoms with Crippen molar-refractivity contribution in [2.75, 3.05) is 6.26 Å². The van der Waals surface area contributed by atoms with E-state index in [4.69, 9.17) is 4.42 Å². The van der Waals surface area contributed by atoms with Crippen LogP contribution < -0.4 is 0 Å². The molecule has 0 saturated carbocycles. The smallest absolute Gasteiger partial charge is 0.182 e. The zero-order chi connectivity index (χ0) is 13.9. The monoisotopic (exact) mass is 286 g/mol. The molecule has 20 heavy (non-hydrogen) atoms.